The van der Waals surface area contributed by atoms with Crippen LogP contribution in [-0.4, -0.2) is 45.0 Å². The maximum absolute atomic E-state index is 11.2. The number of nitro groups is 1. The van der Waals surface area contributed by atoms with Crippen molar-refractivity contribution >= 4 is 17.3 Å². The van der Waals surface area contributed by atoms with E-state index in [2.05, 4.69) is 25.6 Å². The number of nitrogens with one attached hydrogen (secondary N) is 2. The standard InChI is InChI=1S/C11H17N7O2/c12-16-11-9(18(19)20)10(13-6-14-11)15-7-3-5-17-4-1-2-8(7)17/h6-8H,1-5,12H2,(H2,13,14,15,16). The number of hydrazine groups is 1. The van der Waals surface area contributed by atoms with Gasteiger partial charge >= 0.3 is 5.69 Å². The molecule has 9 heteroatoms. The summed E-state index contributed by atoms with van der Waals surface area (Å²) in [5.41, 5.74) is 2.04. The number of fused-ring (bicyclic) bond motifs is 1. The highest BCUT2D eigenvalue weighted by Gasteiger charge is 2.38. The lowest BCUT2D eigenvalue weighted by Crippen LogP contribution is -2.34. The Kier molecular flexibility index (Phi) is 3.36. The summed E-state index contributed by atoms with van der Waals surface area (Å²) in [6.45, 7) is 2.15. The molecule has 0 spiro atoms. The number of anilines is 2. The molecule has 108 valence electrons. The number of hydrogen-bond donors (Lipinski definition) is 3. The van der Waals surface area contributed by atoms with Crippen molar-refractivity contribution < 1.29 is 4.92 Å². The van der Waals surface area contributed by atoms with Gasteiger partial charge in [0.1, 0.15) is 6.33 Å². The minimum absolute atomic E-state index is 0.0220. The van der Waals surface area contributed by atoms with Crippen LogP contribution >= 0.6 is 0 Å². The van der Waals surface area contributed by atoms with Crippen LogP contribution in [0, 0.1) is 10.1 Å². The summed E-state index contributed by atoms with van der Waals surface area (Å²) in [6, 6.07) is 0.635. The normalized spacial score (nSPS) is 25.4. The second-order valence-electron chi connectivity index (χ2n) is 5.11. The third-order valence-corrected chi connectivity index (χ3v) is 4.07. The monoisotopic (exact) mass is 279 g/mol. The zero-order chi connectivity index (χ0) is 14.1. The van der Waals surface area contributed by atoms with E-state index in [-0.39, 0.29) is 23.4 Å². The summed E-state index contributed by atoms with van der Waals surface area (Å²) in [5.74, 6) is 5.53. The first-order valence-electron chi connectivity index (χ1n) is 6.67. The van der Waals surface area contributed by atoms with Crippen LogP contribution in [0.15, 0.2) is 6.33 Å². The molecule has 2 atom stereocenters. The topological polar surface area (TPSA) is 122 Å². The summed E-state index contributed by atoms with van der Waals surface area (Å²) in [4.78, 5) is 20.9. The highest BCUT2D eigenvalue weighted by molar-refractivity contribution is 5.69. The van der Waals surface area contributed by atoms with Crippen molar-refractivity contribution in [2.24, 2.45) is 5.84 Å². The quantitative estimate of drug-likeness (QED) is 0.409. The molecular formula is C11H17N7O2. The molecule has 2 aliphatic heterocycles. The Bertz CT molecular complexity index is 523. The average Bonchev–Trinajstić information content (AvgIpc) is 3.03. The van der Waals surface area contributed by atoms with E-state index in [9.17, 15) is 10.1 Å². The van der Waals surface area contributed by atoms with Gasteiger partial charge in [0.15, 0.2) is 0 Å². The predicted molar refractivity (Wildman–Crippen MR) is 73.1 cm³/mol. The summed E-state index contributed by atoms with van der Waals surface area (Å²) in [6.07, 6.45) is 4.55. The summed E-state index contributed by atoms with van der Waals surface area (Å²) >= 11 is 0. The lowest BCUT2D eigenvalue weighted by molar-refractivity contribution is -0.383. The van der Waals surface area contributed by atoms with E-state index in [1.807, 2.05) is 0 Å². The average molecular weight is 279 g/mol. The van der Waals surface area contributed by atoms with Gasteiger partial charge in [0, 0.05) is 18.6 Å². The van der Waals surface area contributed by atoms with E-state index in [4.69, 9.17) is 5.84 Å². The van der Waals surface area contributed by atoms with E-state index >= 15 is 0 Å². The second-order valence-corrected chi connectivity index (χ2v) is 5.11. The van der Waals surface area contributed by atoms with Crippen molar-refractivity contribution in [1.82, 2.24) is 14.9 Å². The number of nitrogens with zero attached hydrogens (tertiary/aromatic N) is 4. The SMILES string of the molecule is NNc1ncnc(NC2CCN3CCCC23)c1[N+](=O)[O-]. The van der Waals surface area contributed by atoms with Gasteiger partial charge in [-0.15, -0.1) is 0 Å². The molecule has 2 aliphatic rings. The lowest BCUT2D eigenvalue weighted by atomic mass is 10.1. The Morgan fingerprint density at radius 1 is 1.35 bits per heavy atom. The van der Waals surface area contributed by atoms with Gasteiger partial charge < -0.3 is 10.7 Å². The molecule has 3 rings (SSSR count). The molecule has 2 saturated heterocycles. The first kappa shape index (κ1) is 13.0. The first-order valence-corrected chi connectivity index (χ1v) is 6.67. The van der Waals surface area contributed by atoms with Gasteiger partial charge in [-0.1, -0.05) is 0 Å². The molecule has 0 radical (unpaired) electrons. The second kappa shape index (κ2) is 5.17. The summed E-state index contributed by atoms with van der Waals surface area (Å²) < 4.78 is 0. The molecule has 2 unspecified atom stereocenters. The molecule has 0 aliphatic carbocycles. The van der Waals surface area contributed by atoms with Gasteiger partial charge in [-0.2, -0.15) is 0 Å². The van der Waals surface area contributed by atoms with Gasteiger partial charge in [-0.05, 0) is 25.8 Å². The minimum atomic E-state index is -0.515. The highest BCUT2D eigenvalue weighted by atomic mass is 16.6. The van der Waals surface area contributed by atoms with Crippen LogP contribution in [0.25, 0.3) is 0 Å². The largest absolute Gasteiger partial charge is 0.360 e. The van der Waals surface area contributed by atoms with E-state index < -0.39 is 4.92 Å². The zero-order valence-corrected chi connectivity index (χ0v) is 11.0. The molecule has 3 heterocycles. The first-order chi connectivity index (χ1) is 9.70. The van der Waals surface area contributed by atoms with Gasteiger partial charge in [0.25, 0.3) is 0 Å². The molecule has 0 aromatic carbocycles. The summed E-state index contributed by atoms with van der Waals surface area (Å²) in [5, 5.41) is 14.4. The lowest BCUT2D eigenvalue weighted by Gasteiger charge is -2.21. The van der Waals surface area contributed by atoms with E-state index in [0.29, 0.717) is 6.04 Å². The predicted octanol–water partition coefficient (Wildman–Crippen LogP) is 0.319. The molecule has 0 saturated carbocycles. The molecule has 1 aromatic rings. The Morgan fingerprint density at radius 3 is 2.90 bits per heavy atom. The fraction of sp³-hybridized carbons (Fsp3) is 0.636. The van der Waals surface area contributed by atoms with Crippen molar-refractivity contribution in [3.63, 3.8) is 0 Å². The number of aromatic nitrogens is 2. The van der Waals surface area contributed by atoms with Crippen molar-refractivity contribution in [1.29, 1.82) is 0 Å². The van der Waals surface area contributed by atoms with Crippen LogP contribution in [-0.2, 0) is 0 Å². The molecule has 20 heavy (non-hydrogen) atoms. The molecule has 1 aromatic heterocycles. The van der Waals surface area contributed by atoms with E-state index in [1.54, 1.807) is 0 Å². The fourth-order valence-electron chi connectivity index (χ4n) is 3.19. The highest BCUT2D eigenvalue weighted by Crippen LogP contribution is 2.33. The minimum Gasteiger partial charge on any atom is -0.360 e. The maximum Gasteiger partial charge on any atom is 0.354 e. The summed E-state index contributed by atoms with van der Waals surface area (Å²) in [7, 11) is 0. The van der Waals surface area contributed by atoms with Crippen molar-refractivity contribution in [2.45, 2.75) is 31.3 Å². The molecule has 0 bridgehead atoms. The maximum atomic E-state index is 11.2. The molecule has 2 fully saturated rings. The van der Waals surface area contributed by atoms with Gasteiger partial charge in [-0.3, -0.25) is 15.0 Å². The van der Waals surface area contributed by atoms with Crippen molar-refractivity contribution in [3.8, 4) is 0 Å². The van der Waals surface area contributed by atoms with Crippen molar-refractivity contribution in [3.05, 3.63) is 16.4 Å². The zero-order valence-electron chi connectivity index (χ0n) is 11.0. The van der Waals surface area contributed by atoms with Crippen molar-refractivity contribution in [2.75, 3.05) is 23.8 Å². The molecule has 0 amide bonds. The van der Waals surface area contributed by atoms with Crippen LogP contribution in [0.1, 0.15) is 19.3 Å². The van der Waals surface area contributed by atoms with Gasteiger partial charge in [0.05, 0.1) is 4.92 Å². The van der Waals surface area contributed by atoms with Gasteiger partial charge in [0.2, 0.25) is 11.6 Å². The fourth-order valence-corrected chi connectivity index (χ4v) is 3.19. The van der Waals surface area contributed by atoms with E-state index in [1.165, 1.54) is 12.7 Å². The number of nitrogen functional groups attached to an aromatic ring is 1. The Labute approximate surface area is 115 Å². The molecule has 4 N–H and O–H groups in total. The third kappa shape index (κ3) is 2.14. The Hall–Kier alpha value is -2.00. The van der Waals surface area contributed by atoms with Crippen LogP contribution < -0.4 is 16.6 Å². The smallest absolute Gasteiger partial charge is 0.354 e. The molecular weight excluding hydrogens is 262 g/mol. The third-order valence-electron chi connectivity index (χ3n) is 4.07. The number of rotatable bonds is 4. The Morgan fingerprint density at radius 2 is 2.15 bits per heavy atom. The number of nitrogens with two attached hydrogens (primary N) is 1. The van der Waals surface area contributed by atoms with Crippen LogP contribution in [0.2, 0.25) is 0 Å². The molecule has 9 nitrogen and oxygen atoms in total. The number of hydrogen-bond acceptors (Lipinski definition) is 8. The Balaban J connectivity index is 1.85. The van der Waals surface area contributed by atoms with Crippen LogP contribution in [0.4, 0.5) is 17.3 Å². The van der Waals surface area contributed by atoms with Gasteiger partial charge in [-0.25, -0.2) is 15.8 Å². The van der Waals surface area contributed by atoms with E-state index in [0.717, 1.165) is 25.9 Å². The van der Waals surface area contributed by atoms with Crippen LogP contribution in [0.5, 0.6) is 0 Å². The van der Waals surface area contributed by atoms with Crippen LogP contribution in [0.3, 0.4) is 0 Å².